The van der Waals surface area contributed by atoms with Crippen LogP contribution in [0.2, 0.25) is 0 Å². The Balaban J connectivity index is 0.00000289. The maximum atomic E-state index is 12.9. The third-order valence-corrected chi connectivity index (χ3v) is 5.04. The number of primary amides is 1. The van der Waals surface area contributed by atoms with E-state index < -0.39 is 12.0 Å². The number of pyridine rings is 2. The van der Waals surface area contributed by atoms with Gasteiger partial charge in [-0.05, 0) is 43.3 Å². The van der Waals surface area contributed by atoms with Crippen LogP contribution in [0.5, 0.6) is 0 Å². The predicted octanol–water partition coefficient (Wildman–Crippen LogP) is 2.25. The molecule has 1 aromatic carbocycles. The van der Waals surface area contributed by atoms with Crippen LogP contribution >= 0.6 is 12.4 Å². The first-order chi connectivity index (χ1) is 15.0. The molecule has 9 nitrogen and oxygen atoms in total. The lowest BCUT2D eigenvalue weighted by molar-refractivity contribution is -0.131. The van der Waals surface area contributed by atoms with E-state index >= 15 is 0 Å². The minimum Gasteiger partial charge on any atom is -0.365 e. The second-order valence-electron chi connectivity index (χ2n) is 7.27. The molecule has 2 atom stereocenters. The first-order valence-electron chi connectivity index (χ1n) is 9.71. The molecule has 0 aliphatic carbocycles. The second-order valence-corrected chi connectivity index (χ2v) is 7.27. The molecule has 3 N–H and O–H groups in total. The van der Waals surface area contributed by atoms with Gasteiger partial charge in [0.1, 0.15) is 11.8 Å². The van der Waals surface area contributed by atoms with E-state index in [4.69, 9.17) is 10.5 Å². The maximum Gasteiger partial charge on any atom is 0.267 e. The molecule has 0 spiro atoms. The quantitative estimate of drug-likeness (QED) is 0.619. The fraction of sp³-hybridized carbons (Fsp3) is 0.227. The number of carbonyl (C=O) groups is 2. The summed E-state index contributed by atoms with van der Waals surface area (Å²) in [6.45, 7) is 2.80. The van der Waals surface area contributed by atoms with Crippen LogP contribution in [0.1, 0.15) is 23.0 Å². The molecular weight excluding hydrogens is 432 g/mol. The number of benzene rings is 1. The molecule has 1 saturated heterocycles. The van der Waals surface area contributed by atoms with E-state index in [1.165, 1.54) is 12.3 Å². The van der Waals surface area contributed by atoms with Gasteiger partial charge in [0.25, 0.3) is 11.8 Å². The number of anilines is 2. The van der Waals surface area contributed by atoms with Crippen molar-refractivity contribution < 1.29 is 14.3 Å². The summed E-state index contributed by atoms with van der Waals surface area (Å²) < 4.78 is 5.88. The molecule has 2 aromatic heterocycles. The van der Waals surface area contributed by atoms with Gasteiger partial charge < -0.3 is 20.7 Å². The van der Waals surface area contributed by atoms with Gasteiger partial charge in [0.2, 0.25) is 0 Å². The van der Waals surface area contributed by atoms with Crippen LogP contribution in [0.25, 0.3) is 10.9 Å². The van der Waals surface area contributed by atoms with E-state index in [2.05, 4.69) is 26.3 Å². The van der Waals surface area contributed by atoms with E-state index in [1.807, 2.05) is 25.1 Å². The molecule has 3 heterocycles. The molecule has 32 heavy (non-hydrogen) atoms. The van der Waals surface area contributed by atoms with E-state index in [0.29, 0.717) is 29.9 Å². The summed E-state index contributed by atoms with van der Waals surface area (Å²) in [5, 5.41) is 13.0. The van der Waals surface area contributed by atoms with Crippen LogP contribution in [0, 0.1) is 11.3 Å². The molecule has 164 valence electrons. The van der Waals surface area contributed by atoms with Gasteiger partial charge in [0.05, 0.1) is 23.7 Å². The number of carbonyl (C=O) groups excluding carboxylic acids is 2. The number of nitrogens with zero attached hydrogens (tertiary/aromatic N) is 4. The average Bonchev–Trinajstić information content (AvgIpc) is 2.78. The van der Waals surface area contributed by atoms with E-state index in [9.17, 15) is 14.9 Å². The molecular formula is C22H21ClN6O3. The summed E-state index contributed by atoms with van der Waals surface area (Å²) in [5.74, 6) is -1.01. The number of hydrogen-bond acceptors (Lipinski definition) is 7. The minimum absolute atomic E-state index is 0. The van der Waals surface area contributed by atoms with Gasteiger partial charge in [0, 0.05) is 35.7 Å². The van der Waals surface area contributed by atoms with Crippen molar-refractivity contribution in [1.29, 1.82) is 5.26 Å². The van der Waals surface area contributed by atoms with Crippen molar-refractivity contribution in [2.75, 3.05) is 23.3 Å². The van der Waals surface area contributed by atoms with Crippen LogP contribution in [-0.4, -0.2) is 47.1 Å². The molecule has 1 aliphatic rings. The fourth-order valence-electron chi connectivity index (χ4n) is 3.68. The summed E-state index contributed by atoms with van der Waals surface area (Å²) in [7, 11) is 0. The molecule has 10 heteroatoms. The first-order valence-corrected chi connectivity index (χ1v) is 9.71. The molecule has 1 aliphatic heterocycles. The van der Waals surface area contributed by atoms with Gasteiger partial charge in [-0.15, -0.1) is 12.4 Å². The van der Waals surface area contributed by atoms with Gasteiger partial charge in [-0.3, -0.25) is 19.6 Å². The third-order valence-electron chi connectivity index (χ3n) is 5.04. The fourth-order valence-corrected chi connectivity index (χ4v) is 3.68. The topological polar surface area (TPSA) is 134 Å². The number of rotatable bonds is 4. The zero-order chi connectivity index (χ0) is 22.0. The van der Waals surface area contributed by atoms with Crippen LogP contribution in [0.4, 0.5) is 11.4 Å². The van der Waals surface area contributed by atoms with Gasteiger partial charge in [-0.1, -0.05) is 0 Å². The molecule has 4 rings (SSSR count). The number of amides is 2. The maximum absolute atomic E-state index is 12.9. The Bertz CT molecular complexity index is 1210. The Labute approximate surface area is 190 Å². The lowest BCUT2D eigenvalue weighted by Crippen LogP contribution is -2.51. The van der Waals surface area contributed by atoms with Crippen molar-refractivity contribution in [2.45, 2.75) is 19.1 Å². The van der Waals surface area contributed by atoms with Crippen LogP contribution in [0.15, 0.2) is 48.8 Å². The Kier molecular flexibility index (Phi) is 6.88. The number of ether oxygens (including phenoxy) is 1. The Morgan fingerprint density at radius 3 is 2.78 bits per heavy atom. The highest BCUT2D eigenvalue weighted by Crippen LogP contribution is 2.30. The third kappa shape index (κ3) is 4.61. The molecule has 0 radical (unpaired) electrons. The smallest absolute Gasteiger partial charge is 0.267 e. The van der Waals surface area contributed by atoms with Gasteiger partial charge >= 0.3 is 0 Å². The molecule has 2 amide bonds. The number of halogens is 1. The van der Waals surface area contributed by atoms with Crippen LogP contribution in [-0.2, 0) is 9.53 Å². The summed E-state index contributed by atoms with van der Waals surface area (Å²) in [6.07, 6.45) is 2.12. The Hall–Kier alpha value is -3.74. The number of nitrogens with two attached hydrogens (primary N) is 1. The van der Waals surface area contributed by atoms with Crippen molar-refractivity contribution in [3.63, 3.8) is 0 Å². The van der Waals surface area contributed by atoms with E-state index in [0.717, 1.165) is 11.1 Å². The normalized spacial score (nSPS) is 17.8. The number of hydrogen-bond donors (Lipinski definition) is 2. The number of morpholine rings is 1. The van der Waals surface area contributed by atoms with Gasteiger partial charge in [-0.2, -0.15) is 5.26 Å². The zero-order valence-electron chi connectivity index (χ0n) is 17.2. The highest BCUT2D eigenvalue weighted by molar-refractivity contribution is 5.98. The summed E-state index contributed by atoms with van der Waals surface area (Å²) in [5.41, 5.74) is 7.73. The monoisotopic (exact) mass is 452 g/mol. The van der Waals surface area contributed by atoms with Gasteiger partial charge in [-0.25, -0.2) is 0 Å². The SMILES string of the molecule is CC1CN(c2ccc(C#N)c3ncccc23)CC(C(=O)Nc2ccnc(C(N)=O)c2)O1.Cl. The van der Waals surface area contributed by atoms with Gasteiger partial charge in [0.15, 0.2) is 6.10 Å². The molecule has 0 saturated carbocycles. The number of nitrogens with one attached hydrogen (secondary N) is 1. The Morgan fingerprint density at radius 2 is 2.03 bits per heavy atom. The molecule has 1 fully saturated rings. The van der Waals surface area contributed by atoms with E-state index in [1.54, 1.807) is 18.3 Å². The number of fused-ring (bicyclic) bond motifs is 1. The average molecular weight is 453 g/mol. The van der Waals surface area contributed by atoms with Crippen molar-refractivity contribution in [3.05, 3.63) is 60.0 Å². The van der Waals surface area contributed by atoms with Crippen molar-refractivity contribution >= 4 is 46.5 Å². The summed E-state index contributed by atoms with van der Waals surface area (Å²) in [6, 6.07) is 12.5. The Morgan fingerprint density at radius 1 is 1.22 bits per heavy atom. The van der Waals surface area contributed by atoms with Crippen LogP contribution in [0.3, 0.4) is 0 Å². The predicted molar refractivity (Wildman–Crippen MR) is 122 cm³/mol. The summed E-state index contributed by atoms with van der Waals surface area (Å²) >= 11 is 0. The summed E-state index contributed by atoms with van der Waals surface area (Å²) in [4.78, 5) is 34.5. The highest BCUT2D eigenvalue weighted by atomic mass is 35.5. The van der Waals surface area contributed by atoms with E-state index in [-0.39, 0.29) is 30.1 Å². The van der Waals surface area contributed by atoms with Crippen LogP contribution < -0.4 is 16.0 Å². The molecule has 0 bridgehead atoms. The second kappa shape index (κ2) is 9.60. The molecule has 3 aromatic rings. The number of nitriles is 1. The van der Waals surface area contributed by atoms with Crippen molar-refractivity contribution in [2.24, 2.45) is 5.73 Å². The lowest BCUT2D eigenvalue weighted by atomic mass is 10.1. The molecule has 2 unspecified atom stereocenters. The largest absolute Gasteiger partial charge is 0.365 e. The minimum atomic E-state index is -0.740. The standard InChI is InChI=1S/C22H20N6O3.ClH/c1-13-11-28(18-5-4-14(10-23)20-16(18)3-2-7-26-20)12-19(31-13)22(30)27-15-6-8-25-17(9-15)21(24)29;/h2-9,13,19H,11-12H2,1H3,(H2,24,29)(H,25,27,30);1H. The highest BCUT2D eigenvalue weighted by Gasteiger charge is 2.31. The first kappa shape index (κ1) is 22.9. The van der Waals surface area contributed by atoms with Crippen molar-refractivity contribution in [3.8, 4) is 6.07 Å². The number of aromatic nitrogens is 2. The van der Waals surface area contributed by atoms with Crippen molar-refractivity contribution in [1.82, 2.24) is 9.97 Å². The zero-order valence-corrected chi connectivity index (χ0v) is 18.0. The lowest BCUT2D eigenvalue weighted by Gasteiger charge is -2.38.